The summed E-state index contributed by atoms with van der Waals surface area (Å²) in [5.74, 6) is -0.795. The van der Waals surface area contributed by atoms with Crippen LogP contribution in [0.5, 0.6) is 5.75 Å². The van der Waals surface area contributed by atoms with Crippen LogP contribution in [0.1, 0.15) is 12.1 Å². The van der Waals surface area contributed by atoms with E-state index in [1.54, 1.807) is 0 Å². The van der Waals surface area contributed by atoms with Crippen LogP contribution in [0.15, 0.2) is 11.0 Å². The van der Waals surface area contributed by atoms with Crippen molar-refractivity contribution in [1.82, 2.24) is 4.98 Å². The van der Waals surface area contributed by atoms with Crippen LogP contribution in [-0.2, 0) is 10.0 Å². The third-order valence-corrected chi connectivity index (χ3v) is 2.64. The van der Waals surface area contributed by atoms with Gasteiger partial charge in [0, 0.05) is 0 Å². The molecule has 4 N–H and O–H groups in total. The zero-order valence-corrected chi connectivity index (χ0v) is 8.96. The van der Waals surface area contributed by atoms with Gasteiger partial charge in [0.2, 0.25) is 10.0 Å². The molecule has 0 spiro atoms. The molecule has 0 saturated carbocycles. The maximum absolute atomic E-state index is 12.4. The Balaban J connectivity index is 3.56. The summed E-state index contributed by atoms with van der Waals surface area (Å²) in [4.78, 5) is 2.69. The molecule has 0 bridgehead atoms. The number of hydrogen-bond acceptors (Lipinski definition) is 5. The zero-order valence-electron chi connectivity index (χ0n) is 8.15. The van der Waals surface area contributed by atoms with Gasteiger partial charge in [0.15, 0.2) is 11.6 Å². The molecule has 0 aliphatic heterocycles. The van der Waals surface area contributed by atoms with E-state index in [1.165, 1.54) is 0 Å². The minimum Gasteiger partial charge on any atom is -0.492 e. The number of sulfonamides is 1. The summed E-state index contributed by atoms with van der Waals surface area (Å²) in [6.07, 6.45) is -2.95. The molecule has 1 heterocycles. The van der Waals surface area contributed by atoms with Gasteiger partial charge in [-0.3, -0.25) is 0 Å². The second-order valence-corrected chi connectivity index (χ2v) is 4.34. The van der Waals surface area contributed by atoms with Crippen LogP contribution in [0.2, 0.25) is 0 Å². The molecule has 1 rings (SSSR count). The summed E-state index contributed by atoms with van der Waals surface area (Å²) >= 11 is 0. The number of nitrogens with two attached hydrogens (primary N) is 2. The first-order valence-corrected chi connectivity index (χ1v) is 5.47. The lowest BCUT2D eigenvalue weighted by Gasteiger charge is -2.10. The largest absolute Gasteiger partial charge is 0.492 e. The number of pyridine rings is 1. The molecule has 0 fully saturated rings. The number of ether oxygens (including phenoxy) is 1. The van der Waals surface area contributed by atoms with Crippen molar-refractivity contribution in [2.45, 2.75) is 11.3 Å². The van der Waals surface area contributed by atoms with Gasteiger partial charge in [0.1, 0.15) is 10.6 Å². The highest BCUT2D eigenvalue weighted by atomic mass is 32.2. The summed E-state index contributed by atoms with van der Waals surface area (Å²) in [5, 5.41) is 4.84. The summed E-state index contributed by atoms with van der Waals surface area (Å²) < 4.78 is 51.6. The molecular weight excluding hydrogens is 244 g/mol. The van der Waals surface area contributed by atoms with Crippen LogP contribution in [0.4, 0.5) is 14.6 Å². The number of primary sulfonamides is 1. The molecule has 16 heavy (non-hydrogen) atoms. The molecule has 1 aromatic rings. The second-order valence-electron chi connectivity index (χ2n) is 2.81. The Morgan fingerprint density at radius 3 is 2.44 bits per heavy atom. The number of halogens is 2. The van der Waals surface area contributed by atoms with Crippen molar-refractivity contribution in [3.63, 3.8) is 0 Å². The van der Waals surface area contributed by atoms with Gasteiger partial charge >= 0.3 is 0 Å². The molecule has 6 nitrogen and oxygen atoms in total. The third kappa shape index (κ3) is 2.36. The predicted octanol–water partition coefficient (Wildman–Crippen LogP) is 0.257. The fourth-order valence-electron chi connectivity index (χ4n) is 1.08. The fraction of sp³-hybridized carbons (Fsp3) is 0.286. The van der Waals surface area contributed by atoms with E-state index in [-0.39, 0.29) is 5.75 Å². The van der Waals surface area contributed by atoms with E-state index < -0.39 is 32.9 Å². The lowest BCUT2D eigenvalue weighted by molar-refractivity contribution is 0.145. The highest BCUT2D eigenvalue weighted by molar-refractivity contribution is 7.89. The van der Waals surface area contributed by atoms with E-state index in [1.807, 2.05) is 0 Å². The van der Waals surface area contributed by atoms with Gasteiger partial charge in [-0.2, -0.15) is 0 Å². The summed E-state index contributed by atoms with van der Waals surface area (Å²) in [6.45, 7) is 0. The molecule has 1 aromatic heterocycles. The van der Waals surface area contributed by atoms with Crippen LogP contribution in [0, 0.1) is 0 Å². The molecule has 0 aromatic carbocycles. The van der Waals surface area contributed by atoms with Crippen molar-refractivity contribution in [3.05, 3.63) is 11.8 Å². The van der Waals surface area contributed by atoms with Gasteiger partial charge in [-0.15, -0.1) is 0 Å². The average Bonchev–Trinajstić information content (AvgIpc) is 2.14. The Labute approximate surface area is 90.3 Å². The SMILES string of the molecule is COc1c(S(N)(=O)=O)cc(C(F)F)nc1N. The third-order valence-electron chi connectivity index (χ3n) is 1.72. The lowest BCUT2D eigenvalue weighted by Crippen LogP contribution is -2.16. The maximum atomic E-state index is 12.4. The minimum absolute atomic E-state index is 0.341. The van der Waals surface area contributed by atoms with E-state index in [0.29, 0.717) is 6.07 Å². The van der Waals surface area contributed by atoms with Crippen molar-refractivity contribution in [1.29, 1.82) is 0 Å². The van der Waals surface area contributed by atoms with E-state index in [2.05, 4.69) is 9.72 Å². The number of nitrogens with zero attached hydrogens (tertiary/aromatic N) is 1. The van der Waals surface area contributed by atoms with Gasteiger partial charge < -0.3 is 10.5 Å². The number of hydrogen-bond donors (Lipinski definition) is 2. The molecule has 0 aliphatic carbocycles. The van der Waals surface area contributed by atoms with Crippen LogP contribution in [0.25, 0.3) is 0 Å². The van der Waals surface area contributed by atoms with Crippen molar-refractivity contribution in [2.24, 2.45) is 5.14 Å². The molecule has 0 radical (unpaired) electrons. The van der Waals surface area contributed by atoms with E-state index >= 15 is 0 Å². The maximum Gasteiger partial charge on any atom is 0.280 e. The van der Waals surface area contributed by atoms with E-state index in [9.17, 15) is 17.2 Å². The molecular formula is C7H9F2N3O3S. The summed E-state index contributed by atoms with van der Waals surface area (Å²) in [6, 6.07) is 0.634. The van der Waals surface area contributed by atoms with Crippen molar-refractivity contribution in [2.75, 3.05) is 12.8 Å². The number of anilines is 1. The Morgan fingerprint density at radius 1 is 1.50 bits per heavy atom. The minimum atomic E-state index is -4.20. The van der Waals surface area contributed by atoms with Crippen LogP contribution >= 0.6 is 0 Å². The van der Waals surface area contributed by atoms with Crippen molar-refractivity contribution >= 4 is 15.8 Å². The van der Waals surface area contributed by atoms with Gasteiger partial charge in [-0.1, -0.05) is 0 Å². The summed E-state index contributed by atoms with van der Waals surface area (Å²) in [7, 11) is -3.07. The van der Waals surface area contributed by atoms with Gasteiger partial charge in [-0.25, -0.2) is 27.3 Å². The number of methoxy groups -OCH3 is 1. The molecule has 0 atom stereocenters. The van der Waals surface area contributed by atoms with E-state index in [4.69, 9.17) is 10.9 Å². The topological polar surface area (TPSA) is 108 Å². The second kappa shape index (κ2) is 4.18. The zero-order chi connectivity index (χ0) is 12.5. The van der Waals surface area contributed by atoms with Gasteiger partial charge in [0.05, 0.1) is 7.11 Å². The average molecular weight is 253 g/mol. The normalized spacial score (nSPS) is 11.8. The highest BCUT2D eigenvalue weighted by Gasteiger charge is 2.22. The number of aromatic nitrogens is 1. The lowest BCUT2D eigenvalue weighted by atomic mass is 10.3. The molecule has 0 unspecified atom stereocenters. The Hall–Kier alpha value is -1.48. The number of alkyl halides is 2. The number of nitrogen functional groups attached to an aromatic ring is 1. The predicted molar refractivity (Wildman–Crippen MR) is 51.5 cm³/mol. The Bertz CT molecular complexity index is 504. The Morgan fingerprint density at radius 2 is 2.06 bits per heavy atom. The van der Waals surface area contributed by atoms with Crippen molar-refractivity contribution < 1.29 is 21.9 Å². The van der Waals surface area contributed by atoms with Crippen LogP contribution < -0.4 is 15.6 Å². The first kappa shape index (κ1) is 12.6. The quantitative estimate of drug-likeness (QED) is 0.803. The molecule has 90 valence electrons. The Kier molecular flexibility index (Phi) is 3.29. The molecule has 0 aliphatic rings. The number of rotatable bonds is 3. The van der Waals surface area contributed by atoms with Crippen LogP contribution in [-0.4, -0.2) is 20.5 Å². The standard InChI is InChI=1S/C7H9F2N3O3S/c1-15-5-4(16(11,13)14)2-3(6(8)9)12-7(5)10/h2,6H,1H3,(H2,10,12)(H2,11,13,14). The van der Waals surface area contributed by atoms with Crippen LogP contribution in [0.3, 0.4) is 0 Å². The van der Waals surface area contributed by atoms with E-state index in [0.717, 1.165) is 7.11 Å². The molecule has 0 amide bonds. The first-order chi connectivity index (χ1) is 7.27. The van der Waals surface area contributed by atoms with Crippen molar-refractivity contribution in [3.8, 4) is 5.75 Å². The van der Waals surface area contributed by atoms with Gasteiger partial charge in [0.25, 0.3) is 6.43 Å². The fourth-order valence-corrected chi connectivity index (χ4v) is 1.81. The molecule has 0 saturated heterocycles. The smallest absolute Gasteiger partial charge is 0.280 e. The highest BCUT2D eigenvalue weighted by Crippen LogP contribution is 2.31. The van der Waals surface area contributed by atoms with Gasteiger partial charge in [-0.05, 0) is 6.07 Å². The first-order valence-electron chi connectivity index (χ1n) is 3.92. The molecule has 9 heteroatoms. The summed E-state index contributed by atoms with van der Waals surface area (Å²) in [5.41, 5.74) is 4.50. The monoisotopic (exact) mass is 253 g/mol.